The number of hydrogen-bond acceptors (Lipinski definition) is 4. The molecule has 7 nitrogen and oxygen atoms in total. The summed E-state index contributed by atoms with van der Waals surface area (Å²) >= 11 is 0. The average Bonchev–Trinajstić information content (AvgIpc) is 2.45. The van der Waals surface area contributed by atoms with Crippen molar-refractivity contribution in [1.29, 1.82) is 0 Å². The third kappa shape index (κ3) is 4.42. The first-order valence-electron chi connectivity index (χ1n) is 6.76. The second kappa shape index (κ2) is 6.42. The quantitative estimate of drug-likeness (QED) is 0.723. The maximum Gasteiger partial charge on any atom is 0.314 e. The number of nitrogens with one attached hydrogen (secondary N) is 1. The fraction of sp³-hybridized carbons (Fsp3) is 0.462. The standard InChI is InChI=1S/C13H20N4O3S/c14-13(18)17-7-5-11(6-8-17)16-9-10-1-3-12(4-2-10)21(15,19)20/h1-4,11,16H,5-9H2,(H2,14,18)(H2,15,19,20). The molecule has 1 saturated heterocycles. The number of primary sulfonamides is 1. The zero-order valence-electron chi connectivity index (χ0n) is 11.7. The minimum absolute atomic E-state index is 0.112. The summed E-state index contributed by atoms with van der Waals surface area (Å²) in [5.41, 5.74) is 6.22. The van der Waals surface area contributed by atoms with Crippen LogP contribution in [0.4, 0.5) is 4.79 Å². The van der Waals surface area contributed by atoms with E-state index >= 15 is 0 Å². The van der Waals surface area contributed by atoms with Crippen molar-refractivity contribution in [3.63, 3.8) is 0 Å². The third-order valence-corrected chi connectivity index (χ3v) is 4.58. The van der Waals surface area contributed by atoms with Gasteiger partial charge in [0.05, 0.1) is 4.90 Å². The van der Waals surface area contributed by atoms with Crippen molar-refractivity contribution in [2.24, 2.45) is 10.9 Å². The Hall–Kier alpha value is -1.64. The van der Waals surface area contributed by atoms with Crippen LogP contribution in [0.15, 0.2) is 29.2 Å². The number of sulfonamides is 1. The highest BCUT2D eigenvalue weighted by atomic mass is 32.2. The maximum atomic E-state index is 11.2. The molecule has 1 aromatic carbocycles. The number of carbonyl (C=O) groups is 1. The van der Waals surface area contributed by atoms with Gasteiger partial charge in [-0.15, -0.1) is 0 Å². The van der Waals surface area contributed by atoms with Crippen LogP contribution in [0.1, 0.15) is 18.4 Å². The van der Waals surface area contributed by atoms with Gasteiger partial charge in [-0.25, -0.2) is 18.4 Å². The fourth-order valence-electron chi connectivity index (χ4n) is 2.36. The minimum atomic E-state index is -3.64. The Morgan fingerprint density at radius 1 is 1.24 bits per heavy atom. The molecule has 0 aliphatic carbocycles. The molecular formula is C13H20N4O3S. The van der Waals surface area contributed by atoms with Gasteiger partial charge in [0.15, 0.2) is 0 Å². The van der Waals surface area contributed by atoms with Gasteiger partial charge < -0.3 is 16.0 Å². The first kappa shape index (κ1) is 15.7. The summed E-state index contributed by atoms with van der Waals surface area (Å²) in [6, 6.07) is 6.45. The molecule has 0 aromatic heterocycles. The molecule has 2 amide bonds. The summed E-state index contributed by atoms with van der Waals surface area (Å²) in [6.07, 6.45) is 1.72. The van der Waals surface area contributed by atoms with Gasteiger partial charge in [0.25, 0.3) is 0 Å². The Morgan fingerprint density at radius 2 is 1.81 bits per heavy atom. The van der Waals surface area contributed by atoms with Gasteiger partial charge in [-0.05, 0) is 30.5 Å². The van der Waals surface area contributed by atoms with Gasteiger partial charge in [0, 0.05) is 25.7 Å². The lowest BCUT2D eigenvalue weighted by Gasteiger charge is -2.31. The largest absolute Gasteiger partial charge is 0.351 e. The van der Waals surface area contributed by atoms with Crippen molar-refractivity contribution in [1.82, 2.24) is 10.2 Å². The third-order valence-electron chi connectivity index (χ3n) is 3.65. The Morgan fingerprint density at radius 3 is 2.29 bits per heavy atom. The molecular weight excluding hydrogens is 292 g/mol. The van der Waals surface area contributed by atoms with Crippen LogP contribution in [0.25, 0.3) is 0 Å². The monoisotopic (exact) mass is 312 g/mol. The van der Waals surface area contributed by atoms with E-state index in [0.29, 0.717) is 25.7 Å². The average molecular weight is 312 g/mol. The Balaban J connectivity index is 1.83. The second-order valence-electron chi connectivity index (χ2n) is 5.17. The summed E-state index contributed by atoms with van der Waals surface area (Å²) in [5.74, 6) is 0. The Labute approximate surface area is 124 Å². The molecule has 0 saturated carbocycles. The van der Waals surface area contributed by atoms with Gasteiger partial charge in [0.2, 0.25) is 10.0 Å². The number of benzene rings is 1. The summed E-state index contributed by atoms with van der Waals surface area (Å²) in [7, 11) is -3.64. The SMILES string of the molecule is NC(=O)N1CCC(NCc2ccc(S(N)(=O)=O)cc2)CC1. The zero-order chi connectivity index (χ0) is 15.5. The van der Waals surface area contributed by atoms with Crippen LogP contribution in [0.5, 0.6) is 0 Å². The van der Waals surface area contributed by atoms with E-state index in [9.17, 15) is 13.2 Å². The number of primary amides is 1. The fourth-order valence-corrected chi connectivity index (χ4v) is 2.88. The molecule has 0 radical (unpaired) electrons. The molecule has 5 N–H and O–H groups in total. The van der Waals surface area contributed by atoms with Gasteiger partial charge in [-0.3, -0.25) is 0 Å². The lowest BCUT2D eigenvalue weighted by Crippen LogP contribution is -2.46. The van der Waals surface area contributed by atoms with Crippen molar-refractivity contribution in [3.8, 4) is 0 Å². The summed E-state index contributed by atoms with van der Waals surface area (Å²) in [4.78, 5) is 12.8. The van der Waals surface area contributed by atoms with Crippen LogP contribution >= 0.6 is 0 Å². The van der Waals surface area contributed by atoms with E-state index in [4.69, 9.17) is 10.9 Å². The maximum absolute atomic E-state index is 11.2. The number of hydrogen-bond donors (Lipinski definition) is 3. The molecule has 1 aliphatic rings. The van der Waals surface area contributed by atoms with Crippen molar-refractivity contribution in [2.75, 3.05) is 13.1 Å². The van der Waals surface area contributed by atoms with Crippen molar-refractivity contribution in [2.45, 2.75) is 30.3 Å². The highest BCUT2D eigenvalue weighted by Crippen LogP contribution is 2.12. The zero-order valence-corrected chi connectivity index (χ0v) is 12.5. The molecule has 1 fully saturated rings. The van der Waals surface area contributed by atoms with Gasteiger partial charge in [-0.1, -0.05) is 12.1 Å². The van der Waals surface area contributed by atoms with Crippen LogP contribution in [-0.4, -0.2) is 38.5 Å². The normalized spacial score (nSPS) is 16.9. The molecule has 1 heterocycles. The van der Waals surface area contributed by atoms with Gasteiger partial charge in [-0.2, -0.15) is 0 Å². The molecule has 2 rings (SSSR count). The molecule has 1 aromatic rings. The highest BCUT2D eigenvalue weighted by molar-refractivity contribution is 7.89. The van der Waals surface area contributed by atoms with Gasteiger partial charge in [0.1, 0.15) is 0 Å². The molecule has 116 valence electrons. The topological polar surface area (TPSA) is 119 Å². The molecule has 0 atom stereocenters. The first-order chi connectivity index (χ1) is 9.86. The van der Waals surface area contributed by atoms with E-state index in [-0.39, 0.29) is 10.9 Å². The van der Waals surface area contributed by atoms with Gasteiger partial charge >= 0.3 is 6.03 Å². The number of carbonyl (C=O) groups excluding carboxylic acids is 1. The minimum Gasteiger partial charge on any atom is -0.351 e. The van der Waals surface area contributed by atoms with Crippen molar-refractivity contribution in [3.05, 3.63) is 29.8 Å². The molecule has 21 heavy (non-hydrogen) atoms. The molecule has 0 unspecified atom stereocenters. The molecule has 0 spiro atoms. The van der Waals surface area contributed by atoms with Crippen LogP contribution < -0.4 is 16.2 Å². The summed E-state index contributed by atoms with van der Waals surface area (Å²) in [6.45, 7) is 1.97. The van der Waals surface area contributed by atoms with E-state index in [1.807, 2.05) is 0 Å². The van der Waals surface area contributed by atoms with E-state index in [1.165, 1.54) is 12.1 Å². The van der Waals surface area contributed by atoms with Crippen LogP contribution in [-0.2, 0) is 16.6 Å². The number of likely N-dealkylation sites (tertiary alicyclic amines) is 1. The molecule has 0 bridgehead atoms. The lowest BCUT2D eigenvalue weighted by molar-refractivity contribution is 0.185. The summed E-state index contributed by atoms with van der Waals surface area (Å²) in [5, 5.41) is 8.45. The first-order valence-corrected chi connectivity index (χ1v) is 8.30. The number of nitrogens with two attached hydrogens (primary N) is 2. The van der Waals surface area contributed by atoms with Crippen LogP contribution in [0.3, 0.4) is 0 Å². The lowest BCUT2D eigenvalue weighted by atomic mass is 10.0. The molecule has 1 aliphatic heterocycles. The molecule has 8 heteroatoms. The number of piperidine rings is 1. The van der Waals surface area contributed by atoms with E-state index in [2.05, 4.69) is 5.32 Å². The second-order valence-corrected chi connectivity index (χ2v) is 6.73. The highest BCUT2D eigenvalue weighted by Gasteiger charge is 2.20. The smallest absolute Gasteiger partial charge is 0.314 e. The van der Waals surface area contributed by atoms with E-state index in [1.54, 1.807) is 17.0 Å². The van der Waals surface area contributed by atoms with E-state index in [0.717, 1.165) is 18.4 Å². The Bertz CT molecular complexity index is 592. The predicted molar refractivity (Wildman–Crippen MR) is 78.8 cm³/mol. The van der Waals surface area contributed by atoms with Crippen molar-refractivity contribution < 1.29 is 13.2 Å². The number of nitrogens with zero attached hydrogens (tertiary/aromatic N) is 1. The predicted octanol–water partition coefficient (Wildman–Crippen LogP) is -0.0333. The Kier molecular flexibility index (Phi) is 4.81. The van der Waals surface area contributed by atoms with E-state index < -0.39 is 10.0 Å². The van der Waals surface area contributed by atoms with Crippen molar-refractivity contribution >= 4 is 16.1 Å². The number of rotatable bonds is 4. The number of urea groups is 1. The number of amides is 2. The van der Waals surface area contributed by atoms with Crippen LogP contribution in [0, 0.1) is 0 Å². The summed E-state index contributed by atoms with van der Waals surface area (Å²) < 4.78 is 22.3. The van der Waals surface area contributed by atoms with Crippen LogP contribution in [0.2, 0.25) is 0 Å².